The van der Waals surface area contributed by atoms with E-state index in [0.717, 1.165) is 38.4 Å². The molecule has 6 nitrogen and oxygen atoms in total. The van der Waals surface area contributed by atoms with Gasteiger partial charge in [0.2, 0.25) is 5.95 Å². The second-order valence-electron chi connectivity index (χ2n) is 7.17. The molecule has 0 aliphatic carbocycles. The molecule has 0 radical (unpaired) electrons. The van der Waals surface area contributed by atoms with Crippen molar-refractivity contribution in [1.82, 2.24) is 14.5 Å². The van der Waals surface area contributed by atoms with Crippen LogP contribution in [-0.4, -0.2) is 40.7 Å². The van der Waals surface area contributed by atoms with Crippen LogP contribution in [0.15, 0.2) is 47.4 Å². The molecule has 0 amide bonds. The molecule has 1 fully saturated rings. The van der Waals surface area contributed by atoms with E-state index in [0.29, 0.717) is 16.9 Å². The molecule has 3 heterocycles. The Morgan fingerprint density at radius 2 is 1.86 bits per heavy atom. The van der Waals surface area contributed by atoms with Crippen LogP contribution in [0.2, 0.25) is 0 Å². The highest BCUT2D eigenvalue weighted by Crippen LogP contribution is 2.23. The molecule has 1 aromatic carbocycles. The van der Waals surface area contributed by atoms with Crippen molar-refractivity contribution in [3.05, 3.63) is 58.8 Å². The highest BCUT2D eigenvalue weighted by Gasteiger charge is 2.24. The van der Waals surface area contributed by atoms with Crippen molar-refractivity contribution in [1.29, 1.82) is 0 Å². The molecule has 1 aliphatic rings. The second kappa shape index (κ2) is 7.58. The summed E-state index contributed by atoms with van der Waals surface area (Å²) in [6.45, 7) is 7.12. The predicted molar refractivity (Wildman–Crippen MR) is 110 cm³/mol. The summed E-state index contributed by atoms with van der Waals surface area (Å²) in [7, 11) is 0. The molecule has 0 N–H and O–H groups in total. The van der Waals surface area contributed by atoms with Crippen molar-refractivity contribution >= 4 is 22.7 Å². The number of aromatic nitrogens is 3. The van der Waals surface area contributed by atoms with Crippen molar-refractivity contribution in [3.8, 4) is 0 Å². The molecule has 1 atom stereocenters. The largest absolute Gasteiger partial charge is 0.353 e. The fraction of sp³-hybridized carbons (Fsp3) is 0.381. The number of rotatable bonds is 4. The Balaban J connectivity index is 1.70. The van der Waals surface area contributed by atoms with Crippen molar-refractivity contribution in [3.63, 3.8) is 0 Å². The van der Waals surface area contributed by atoms with E-state index in [1.54, 1.807) is 16.8 Å². The molecule has 28 heavy (non-hydrogen) atoms. The smallest absolute Gasteiger partial charge is 0.263 e. The van der Waals surface area contributed by atoms with Gasteiger partial charge in [0.1, 0.15) is 11.6 Å². The molecule has 0 bridgehead atoms. The zero-order valence-electron chi connectivity index (χ0n) is 16.2. The maximum absolute atomic E-state index is 13.7. The highest BCUT2D eigenvalue weighted by molar-refractivity contribution is 5.79. The average Bonchev–Trinajstić information content (AvgIpc) is 2.74. The Morgan fingerprint density at radius 1 is 1.11 bits per heavy atom. The van der Waals surface area contributed by atoms with Crippen LogP contribution in [0.5, 0.6) is 0 Å². The Hall–Kier alpha value is -2.96. The Kier molecular flexibility index (Phi) is 4.98. The van der Waals surface area contributed by atoms with E-state index in [9.17, 15) is 9.18 Å². The summed E-state index contributed by atoms with van der Waals surface area (Å²) < 4.78 is 15.4. The van der Waals surface area contributed by atoms with E-state index in [-0.39, 0.29) is 11.6 Å². The number of hydrogen-bond acceptors (Lipinski definition) is 5. The third-order valence-corrected chi connectivity index (χ3v) is 5.41. The lowest BCUT2D eigenvalue weighted by Gasteiger charge is -2.37. The number of anilines is 2. The molecule has 0 saturated carbocycles. The fourth-order valence-corrected chi connectivity index (χ4v) is 3.64. The van der Waals surface area contributed by atoms with Crippen LogP contribution in [-0.2, 0) is 0 Å². The maximum atomic E-state index is 13.7. The summed E-state index contributed by atoms with van der Waals surface area (Å²) in [5.41, 5.74) is 0.356. The van der Waals surface area contributed by atoms with Crippen LogP contribution in [0.25, 0.3) is 10.9 Å². The van der Waals surface area contributed by atoms with E-state index in [4.69, 9.17) is 4.98 Å². The first-order chi connectivity index (χ1) is 13.6. The molecular formula is C21H24FN5O. The Morgan fingerprint density at radius 3 is 2.54 bits per heavy atom. The Labute approximate surface area is 163 Å². The van der Waals surface area contributed by atoms with Crippen LogP contribution in [0.4, 0.5) is 16.2 Å². The lowest BCUT2D eigenvalue weighted by atomic mass is 10.2. The van der Waals surface area contributed by atoms with Crippen LogP contribution < -0.4 is 15.4 Å². The maximum Gasteiger partial charge on any atom is 0.263 e. The molecule has 2 aromatic heterocycles. The topological polar surface area (TPSA) is 54.3 Å². The Bertz CT molecular complexity index is 1030. The molecule has 4 rings (SSSR count). The van der Waals surface area contributed by atoms with Crippen LogP contribution >= 0.6 is 0 Å². The first kappa shape index (κ1) is 18.4. The van der Waals surface area contributed by atoms with E-state index in [1.807, 2.05) is 32.0 Å². The standard InChI is InChI=1S/C21H24FN5O/c1-3-15(2)27-20(28)17-14-16(22)7-8-18(17)24-21(27)26-12-10-25(11-13-26)19-6-4-5-9-23-19/h4-9,14-15H,3,10-13H2,1-2H3. The van der Waals surface area contributed by atoms with Gasteiger partial charge in [-0.05, 0) is 43.7 Å². The molecule has 7 heteroatoms. The van der Waals surface area contributed by atoms with Crippen molar-refractivity contribution in [2.75, 3.05) is 36.0 Å². The van der Waals surface area contributed by atoms with Crippen molar-refractivity contribution in [2.24, 2.45) is 0 Å². The van der Waals surface area contributed by atoms with Gasteiger partial charge in [-0.1, -0.05) is 13.0 Å². The number of hydrogen-bond donors (Lipinski definition) is 0. The first-order valence-corrected chi connectivity index (χ1v) is 9.71. The van der Waals surface area contributed by atoms with Crippen molar-refractivity contribution in [2.45, 2.75) is 26.3 Å². The van der Waals surface area contributed by atoms with E-state index in [1.165, 1.54) is 12.1 Å². The van der Waals surface area contributed by atoms with Gasteiger partial charge in [0.05, 0.1) is 10.9 Å². The monoisotopic (exact) mass is 381 g/mol. The summed E-state index contributed by atoms with van der Waals surface area (Å²) >= 11 is 0. The highest BCUT2D eigenvalue weighted by atomic mass is 19.1. The number of piperazine rings is 1. The minimum absolute atomic E-state index is 0.0171. The molecular weight excluding hydrogens is 357 g/mol. The predicted octanol–water partition coefficient (Wildman–Crippen LogP) is 3.23. The van der Waals surface area contributed by atoms with E-state index >= 15 is 0 Å². The molecule has 1 unspecified atom stereocenters. The second-order valence-corrected chi connectivity index (χ2v) is 7.17. The quantitative estimate of drug-likeness (QED) is 0.695. The van der Waals surface area contributed by atoms with Gasteiger partial charge < -0.3 is 9.80 Å². The third-order valence-electron chi connectivity index (χ3n) is 5.41. The summed E-state index contributed by atoms with van der Waals surface area (Å²) in [5, 5.41) is 0.330. The normalized spacial score (nSPS) is 15.8. The van der Waals surface area contributed by atoms with Gasteiger partial charge >= 0.3 is 0 Å². The van der Waals surface area contributed by atoms with Gasteiger partial charge in [0.25, 0.3) is 5.56 Å². The van der Waals surface area contributed by atoms with Gasteiger partial charge in [0.15, 0.2) is 0 Å². The van der Waals surface area contributed by atoms with Crippen molar-refractivity contribution < 1.29 is 4.39 Å². The number of nitrogens with zero attached hydrogens (tertiary/aromatic N) is 5. The van der Waals surface area contributed by atoms with Crippen LogP contribution in [0.3, 0.4) is 0 Å². The lowest BCUT2D eigenvalue weighted by molar-refractivity contribution is 0.497. The number of benzene rings is 1. The van der Waals surface area contributed by atoms with E-state index in [2.05, 4.69) is 14.8 Å². The summed E-state index contributed by atoms with van der Waals surface area (Å²) in [4.78, 5) is 26.7. The number of pyridine rings is 1. The fourth-order valence-electron chi connectivity index (χ4n) is 3.64. The minimum atomic E-state index is -0.418. The van der Waals surface area contributed by atoms with Gasteiger partial charge in [-0.3, -0.25) is 9.36 Å². The minimum Gasteiger partial charge on any atom is -0.353 e. The van der Waals surface area contributed by atoms with Crippen LogP contribution in [0.1, 0.15) is 26.3 Å². The summed E-state index contributed by atoms with van der Waals surface area (Å²) in [6.07, 6.45) is 2.59. The molecule has 3 aromatic rings. The lowest BCUT2D eigenvalue weighted by Crippen LogP contribution is -2.49. The summed E-state index contributed by atoms with van der Waals surface area (Å²) in [6, 6.07) is 10.1. The van der Waals surface area contributed by atoms with Gasteiger partial charge in [-0.25, -0.2) is 14.4 Å². The zero-order valence-corrected chi connectivity index (χ0v) is 16.2. The SMILES string of the molecule is CCC(C)n1c(N2CCN(c3ccccn3)CC2)nc2ccc(F)cc2c1=O. The summed E-state index contributed by atoms with van der Waals surface area (Å²) in [5.74, 6) is 1.21. The van der Waals surface area contributed by atoms with E-state index < -0.39 is 5.82 Å². The zero-order chi connectivity index (χ0) is 19.7. The van der Waals surface area contributed by atoms with Gasteiger partial charge in [-0.2, -0.15) is 0 Å². The molecule has 1 aliphatic heterocycles. The van der Waals surface area contributed by atoms with Gasteiger partial charge in [0, 0.05) is 38.4 Å². The van der Waals surface area contributed by atoms with Crippen LogP contribution in [0, 0.1) is 5.82 Å². The molecule has 1 saturated heterocycles. The molecule has 0 spiro atoms. The average molecular weight is 381 g/mol. The third kappa shape index (κ3) is 3.32. The molecule has 146 valence electrons. The first-order valence-electron chi connectivity index (χ1n) is 9.71. The number of halogens is 1. The number of fused-ring (bicyclic) bond motifs is 1. The van der Waals surface area contributed by atoms with Gasteiger partial charge in [-0.15, -0.1) is 0 Å².